The highest BCUT2D eigenvalue weighted by Gasteiger charge is 2.11. The molecule has 0 aliphatic heterocycles. The van der Waals surface area contributed by atoms with E-state index in [2.05, 4.69) is 15.4 Å². The molecule has 3 rings (SSSR count). The molecule has 23 heavy (non-hydrogen) atoms. The minimum atomic E-state index is -0.111. The predicted molar refractivity (Wildman–Crippen MR) is 90.1 cm³/mol. The van der Waals surface area contributed by atoms with Gasteiger partial charge in [-0.2, -0.15) is 5.10 Å². The van der Waals surface area contributed by atoms with Crippen LogP contribution in [0.2, 0.25) is 0 Å². The van der Waals surface area contributed by atoms with Crippen LogP contribution in [0.4, 0.5) is 5.82 Å². The molecule has 0 saturated heterocycles. The number of anilines is 1. The summed E-state index contributed by atoms with van der Waals surface area (Å²) in [5, 5.41) is 7.65. The molecule has 0 aliphatic rings. The highest BCUT2D eigenvalue weighted by atomic mass is 16.1. The van der Waals surface area contributed by atoms with Crippen LogP contribution in [-0.2, 0) is 20.1 Å². The van der Waals surface area contributed by atoms with Gasteiger partial charge in [0, 0.05) is 49.9 Å². The Balaban J connectivity index is 1.86. The van der Waals surface area contributed by atoms with Crippen LogP contribution in [0, 0.1) is 0 Å². The van der Waals surface area contributed by atoms with Crippen LogP contribution in [0.5, 0.6) is 0 Å². The largest absolute Gasteiger partial charge is 0.361 e. The number of aryl methyl sites for hydroxylation is 2. The van der Waals surface area contributed by atoms with Crippen molar-refractivity contribution in [2.24, 2.45) is 7.05 Å². The summed E-state index contributed by atoms with van der Waals surface area (Å²) in [5.74, 6) is 0.359. The average Bonchev–Trinajstić information content (AvgIpc) is 2.95. The van der Waals surface area contributed by atoms with Crippen molar-refractivity contribution >= 4 is 5.82 Å². The lowest BCUT2D eigenvalue weighted by molar-refractivity contribution is 0.718. The Morgan fingerprint density at radius 2 is 2.00 bits per heavy atom. The van der Waals surface area contributed by atoms with Gasteiger partial charge in [0.15, 0.2) is 5.82 Å². The summed E-state index contributed by atoms with van der Waals surface area (Å²) in [6, 6.07) is 10.00. The summed E-state index contributed by atoms with van der Waals surface area (Å²) in [7, 11) is 1.89. The third kappa shape index (κ3) is 3.15. The van der Waals surface area contributed by atoms with Crippen molar-refractivity contribution in [1.29, 1.82) is 0 Å². The van der Waals surface area contributed by atoms with Gasteiger partial charge in [0.25, 0.3) is 5.56 Å². The molecule has 2 heterocycles. The fourth-order valence-electron chi connectivity index (χ4n) is 2.50. The maximum Gasteiger partial charge on any atom is 0.293 e. The van der Waals surface area contributed by atoms with E-state index < -0.39 is 0 Å². The molecule has 118 valence electrons. The molecule has 3 aromatic rings. The number of rotatable bonds is 5. The van der Waals surface area contributed by atoms with Crippen molar-refractivity contribution in [3.05, 3.63) is 64.8 Å². The van der Waals surface area contributed by atoms with E-state index in [0.717, 1.165) is 16.8 Å². The second-order valence-electron chi connectivity index (χ2n) is 5.26. The van der Waals surface area contributed by atoms with E-state index in [0.29, 0.717) is 18.9 Å². The molecule has 1 N–H and O–H groups in total. The van der Waals surface area contributed by atoms with Gasteiger partial charge in [-0.15, -0.1) is 0 Å². The van der Waals surface area contributed by atoms with Gasteiger partial charge in [-0.3, -0.25) is 9.48 Å². The molecule has 6 heteroatoms. The summed E-state index contributed by atoms with van der Waals surface area (Å²) < 4.78 is 3.40. The normalized spacial score (nSPS) is 10.7. The van der Waals surface area contributed by atoms with Crippen LogP contribution in [-0.4, -0.2) is 19.3 Å². The lowest BCUT2D eigenvalue weighted by atomic mass is 10.1. The van der Waals surface area contributed by atoms with E-state index in [9.17, 15) is 4.79 Å². The number of aromatic nitrogens is 4. The summed E-state index contributed by atoms with van der Waals surface area (Å²) in [5.41, 5.74) is 2.87. The highest BCUT2D eigenvalue weighted by molar-refractivity contribution is 5.63. The zero-order valence-electron chi connectivity index (χ0n) is 13.2. The zero-order valence-corrected chi connectivity index (χ0v) is 13.2. The Morgan fingerprint density at radius 1 is 1.22 bits per heavy atom. The second kappa shape index (κ2) is 6.48. The molecule has 0 bridgehead atoms. The van der Waals surface area contributed by atoms with Crippen molar-refractivity contribution in [3.63, 3.8) is 0 Å². The monoisotopic (exact) mass is 309 g/mol. The van der Waals surface area contributed by atoms with Gasteiger partial charge in [0.1, 0.15) is 0 Å². The highest BCUT2D eigenvalue weighted by Crippen LogP contribution is 2.21. The van der Waals surface area contributed by atoms with Crippen LogP contribution in [0.15, 0.2) is 53.7 Å². The van der Waals surface area contributed by atoms with Gasteiger partial charge in [0.2, 0.25) is 0 Å². The molecule has 0 radical (unpaired) electrons. The number of hydrogen-bond donors (Lipinski definition) is 1. The molecule has 0 spiro atoms. The number of hydrogen-bond acceptors (Lipinski definition) is 4. The Hall–Kier alpha value is -2.89. The van der Waals surface area contributed by atoms with E-state index in [1.54, 1.807) is 21.6 Å². The maximum absolute atomic E-state index is 12.2. The Kier molecular flexibility index (Phi) is 4.23. The molecule has 2 aromatic heterocycles. The van der Waals surface area contributed by atoms with E-state index in [1.165, 1.54) is 0 Å². The fourth-order valence-corrected chi connectivity index (χ4v) is 2.50. The lowest BCUT2D eigenvalue weighted by Crippen LogP contribution is -2.23. The zero-order chi connectivity index (χ0) is 16.2. The first-order chi connectivity index (χ1) is 11.2. The summed E-state index contributed by atoms with van der Waals surface area (Å²) >= 11 is 0. The van der Waals surface area contributed by atoms with Gasteiger partial charge in [-0.25, -0.2) is 4.98 Å². The molecule has 0 amide bonds. The average molecular weight is 309 g/mol. The SMILES string of the molecule is CCn1ccnc(NCc2cn(C)nc2-c2ccccc2)c1=O. The Morgan fingerprint density at radius 3 is 2.74 bits per heavy atom. The first-order valence-electron chi connectivity index (χ1n) is 7.56. The standard InChI is InChI=1S/C17H19N5O/c1-3-22-10-9-18-16(17(22)23)19-11-14-12-21(2)20-15(14)13-7-5-4-6-8-13/h4-10,12H,3,11H2,1-2H3,(H,18,19). The number of benzene rings is 1. The quantitative estimate of drug-likeness (QED) is 0.785. The predicted octanol–water partition coefficient (Wildman–Crippen LogP) is 2.28. The first kappa shape index (κ1) is 15.0. The Labute approximate surface area is 134 Å². The third-order valence-corrected chi connectivity index (χ3v) is 3.65. The first-order valence-corrected chi connectivity index (χ1v) is 7.56. The number of nitrogens with zero attached hydrogens (tertiary/aromatic N) is 4. The van der Waals surface area contributed by atoms with E-state index in [4.69, 9.17) is 0 Å². The molecule has 0 unspecified atom stereocenters. The van der Waals surface area contributed by atoms with Crippen LogP contribution in [0.25, 0.3) is 11.3 Å². The topological polar surface area (TPSA) is 64.7 Å². The summed E-state index contributed by atoms with van der Waals surface area (Å²) in [6.45, 7) is 3.05. The van der Waals surface area contributed by atoms with Crippen molar-refractivity contribution in [3.8, 4) is 11.3 Å². The molecule has 0 aliphatic carbocycles. The van der Waals surface area contributed by atoms with Crippen LogP contribution >= 0.6 is 0 Å². The van der Waals surface area contributed by atoms with Gasteiger partial charge >= 0.3 is 0 Å². The van der Waals surface area contributed by atoms with Crippen LogP contribution in [0.1, 0.15) is 12.5 Å². The Bertz CT molecular complexity index is 851. The summed E-state index contributed by atoms with van der Waals surface area (Å²) in [6.07, 6.45) is 5.28. The van der Waals surface area contributed by atoms with E-state index >= 15 is 0 Å². The number of nitrogens with one attached hydrogen (secondary N) is 1. The van der Waals surface area contributed by atoms with Gasteiger partial charge < -0.3 is 9.88 Å². The van der Waals surface area contributed by atoms with Crippen LogP contribution in [0.3, 0.4) is 0 Å². The van der Waals surface area contributed by atoms with Crippen LogP contribution < -0.4 is 10.9 Å². The van der Waals surface area contributed by atoms with Gasteiger partial charge in [0.05, 0.1) is 5.69 Å². The maximum atomic E-state index is 12.2. The smallest absolute Gasteiger partial charge is 0.293 e. The molecule has 1 aromatic carbocycles. The second-order valence-corrected chi connectivity index (χ2v) is 5.26. The van der Waals surface area contributed by atoms with Crippen molar-refractivity contribution in [1.82, 2.24) is 19.3 Å². The van der Waals surface area contributed by atoms with Crippen molar-refractivity contribution in [2.75, 3.05) is 5.32 Å². The molecule has 0 saturated carbocycles. The molecule has 0 atom stereocenters. The molecule has 6 nitrogen and oxygen atoms in total. The molecular weight excluding hydrogens is 290 g/mol. The lowest BCUT2D eigenvalue weighted by Gasteiger charge is -2.07. The van der Waals surface area contributed by atoms with Gasteiger partial charge in [-0.05, 0) is 6.92 Å². The minimum absolute atomic E-state index is 0.111. The fraction of sp³-hybridized carbons (Fsp3) is 0.235. The molecule has 0 fully saturated rings. The van der Waals surface area contributed by atoms with Crippen molar-refractivity contribution < 1.29 is 0 Å². The minimum Gasteiger partial charge on any atom is -0.361 e. The van der Waals surface area contributed by atoms with E-state index in [1.807, 2.05) is 50.5 Å². The van der Waals surface area contributed by atoms with Gasteiger partial charge in [-0.1, -0.05) is 30.3 Å². The third-order valence-electron chi connectivity index (χ3n) is 3.65. The molecular formula is C17H19N5O. The summed E-state index contributed by atoms with van der Waals surface area (Å²) in [4.78, 5) is 16.3. The van der Waals surface area contributed by atoms with Crippen molar-refractivity contribution in [2.45, 2.75) is 20.0 Å². The van der Waals surface area contributed by atoms with E-state index in [-0.39, 0.29) is 5.56 Å².